The van der Waals surface area contributed by atoms with E-state index in [2.05, 4.69) is 5.10 Å². The van der Waals surface area contributed by atoms with Crippen molar-refractivity contribution in [3.8, 4) is 11.3 Å². The molecule has 0 saturated carbocycles. The summed E-state index contributed by atoms with van der Waals surface area (Å²) in [5.41, 5.74) is 1.62. The number of hydrogen-bond donors (Lipinski definition) is 0. The van der Waals surface area contributed by atoms with Crippen LogP contribution < -0.4 is 0 Å². The Bertz CT molecular complexity index is 607. The van der Waals surface area contributed by atoms with Crippen molar-refractivity contribution in [3.63, 3.8) is 0 Å². The number of benzene rings is 1. The van der Waals surface area contributed by atoms with Gasteiger partial charge < -0.3 is 0 Å². The van der Waals surface area contributed by atoms with Gasteiger partial charge in [-0.25, -0.2) is 4.39 Å². The average Bonchev–Trinajstić information content (AvgIpc) is 2.82. The van der Waals surface area contributed by atoms with Crippen LogP contribution in [0.4, 0.5) is 4.39 Å². The smallest absolute Gasteiger partial charge is 0.153 e. The fourth-order valence-corrected chi connectivity index (χ4v) is 2.25. The molecule has 0 aliphatic heterocycles. The van der Waals surface area contributed by atoms with Gasteiger partial charge in [0.25, 0.3) is 0 Å². The highest BCUT2D eigenvalue weighted by Crippen LogP contribution is 2.27. The summed E-state index contributed by atoms with van der Waals surface area (Å²) in [4.78, 5) is 11.7. The van der Waals surface area contributed by atoms with Crippen LogP contribution in [0, 0.1) is 5.82 Å². The third-order valence-electron chi connectivity index (χ3n) is 2.84. The maximum absolute atomic E-state index is 13.8. The molecule has 5 heteroatoms. The number of nitrogens with zero attached hydrogens (tertiary/aromatic N) is 2. The maximum Gasteiger partial charge on any atom is 0.153 e. The highest BCUT2D eigenvalue weighted by molar-refractivity contribution is 7.98. The van der Waals surface area contributed by atoms with E-state index in [9.17, 15) is 9.18 Å². The van der Waals surface area contributed by atoms with Gasteiger partial charge in [0.15, 0.2) is 6.29 Å². The number of thioether (sulfide) groups is 1. The zero-order valence-corrected chi connectivity index (χ0v) is 11.9. The van der Waals surface area contributed by atoms with Crippen LogP contribution in [0.1, 0.15) is 30.2 Å². The van der Waals surface area contributed by atoms with Gasteiger partial charge in [-0.05, 0) is 32.2 Å². The van der Waals surface area contributed by atoms with E-state index in [1.54, 1.807) is 23.0 Å². The normalized spacial score (nSPS) is 11.0. The van der Waals surface area contributed by atoms with Crippen molar-refractivity contribution in [2.24, 2.45) is 0 Å². The fourth-order valence-electron chi connectivity index (χ4n) is 1.79. The maximum atomic E-state index is 13.8. The molecule has 0 unspecified atom stereocenters. The third-order valence-corrected chi connectivity index (χ3v) is 3.61. The van der Waals surface area contributed by atoms with Gasteiger partial charge >= 0.3 is 0 Å². The highest BCUT2D eigenvalue weighted by Gasteiger charge is 2.13. The first-order valence-electron chi connectivity index (χ1n) is 5.95. The zero-order chi connectivity index (χ0) is 14.0. The van der Waals surface area contributed by atoms with E-state index in [1.165, 1.54) is 17.8 Å². The molecule has 1 aromatic carbocycles. The summed E-state index contributed by atoms with van der Waals surface area (Å²) in [5.74, 6) is -0.291. The molecular formula is C14H15FN2OS. The standard InChI is InChI=1S/C14H15FN2OS/c1-9(2)17-7-11(8-18)14(16-17)10-4-5-13(19-3)12(15)6-10/h4-9H,1-3H3. The lowest BCUT2D eigenvalue weighted by Crippen LogP contribution is -2.00. The molecule has 0 saturated heterocycles. The molecule has 0 spiro atoms. The van der Waals surface area contributed by atoms with Crippen LogP contribution in [0.2, 0.25) is 0 Å². The minimum atomic E-state index is -0.291. The molecule has 0 radical (unpaired) electrons. The quantitative estimate of drug-likeness (QED) is 0.630. The van der Waals surface area contributed by atoms with Crippen molar-refractivity contribution >= 4 is 18.0 Å². The van der Waals surface area contributed by atoms with E-state index in [0.29, 0.717) is 21.7 Å². The largest absolute Gasteiger partial charge is 0.298 e. The molecule has 0 aliphatic rings. The van der Waals surface area contributed by atoms with Gasteiger partial charge in [0.1, 0.15) is 11.5 Å². The van der Waals surface area contributed by atoms with Crippen LogP contribution in [0.5, 0.6) is 0 Å². The summed E-state index contributed by atoms with van der Waals surface area (Å²) in [6, 6.07) is 5.07. The van der Waals surface area contributed by atoms with Crippen LogP contribution in [0.3, 0.4) is 0 Å². The van der Waals surface area contributed by atoms with Gasteiger partial charge in [0, 0.05) is 22.7 Å². The first-order valence-corrected chi connectivity index (χ1v) is 7.17. The zero-order valence-electron chi connectivity index (χ0n) is 11.1. The number of rotatable bonds is 4. The molecule has 2 rings (SSSR count). The van der Waals surface area contributed by atoms with E-state index in [1.807, 2.05) is 20.1 Å². The van der Waals surface area contributed by atoms with Gasteiger partial charge in [-0.1, -0.05) is 6.07 Å². The highest BCUT2D eigenvalue weighted by atomic mass is 32.2. The summed E-state index contributed by atoms with van der Waals surface area (Å²) in [6.07, 6.45) is 4.26. The Labute approximate surface area is 115 Å². The lowest BCUT2D eigenvalue weighted by atomic mass is 10.1. The van der Waals surface area contributed by atoms with Crippen LogP contribution in [0.15, 0.2) is 29.3 Å². The number of carbonyl (C=O) groups excluding carboxylic acids is 1. The second-order valence-corrected chi connectivity index (χ2v) is 5.32. The second kappa shape index (κ2) is 5.57. The SMILES string of the molecule is CSc1ccc(-c2nn(C(C)C)cc2C=O)cc1F. The van der Waals surface area contributed by atoms with Crippen LogP contribution in [-0.2, 0) is 0 Å². The van der Waals surface area contributed by atoms with Crippen LogP contribution in [-0.4, -0.2) is 22.3 Å². The Morgan fingerprint density at radius 1 is 1.42 bits per heavy atom. The van der Waals surface area contributed by atoms with Crippen molar-refractivity contribution in [1.82, 2.24) is 9.78 Å². The minimum absolute atomic E-state index is 0.155. The molecule has 100 valence electrons. The van der Waals surface area contributed by atoms with Crippen molar-refractivity contribution < 1.29 is 9.18 Å². The lowest BCUT2D eigenvalue weighted by molar-refractivity contribution is 0.112. The van der Waals surface area contributed by atoms with Gasteiger partial charge in [-0.3, -0.25) is 9.48 Å². The monoisotopic (exact) mass is 278 g/mol. The summed E-state index contributed by atoms with van der Waals surface area (Å²) in [7, 11) is 0. The van der Waals surface area contributed by atoms with Gasteiger partial charge in [0.05, 0.1) is 5.56 Å². The fraction of sp³-hybridized carbons (Fsp3) is 0.286. The van der Waals surface area contributed by atoms with Crippen molar-refractivity contribution in [3.05, 3.63) is 35.8 Å². The molecular weight excluding hydrogens is 263 g/mol. The van der Waals surface area contributed by atoms with E-state index >= 15 is 0 Å². The van der Waals surface area contributed by atoms with Gasteiger partial charge in [-0.15, -0.1) is 11.8 Å². The molecule has 0 N–H and O–H groups in total. The van der Waals surface area contributed by atoms with Gasteiger partial charge in [0.2, 0.25) is 0 Å². The number of hydrogen-bond acceptors (Lipinski definition) is 3. The molecule has 0 aliphatic carbocycles. The molecule has 0 fully saturated rings. The topological polar surface area (TPSA) is 34.9 Å². The third kappa shape index (κ3) is 2.71. The number of aromatic nitrogens is 2. The summed E-state index contributed by atoms with van der Waals surface area (Å²) >= 11 is 1.35. The molecule has 1 aromatic heterocycles. The second-order valence-electron chi connectivity index (χ2n) is 4.47. The van der Waals surface area contributed by atoms with Gasteiger partial charge in [-0.2, -0.15) is 5.10 Å². The Balaban J connectivity index is 2.51. The molecule has 0 amide bonds. The predicted octanol–water partition coefficient (Wildman–Crippen LogP) is 3.80. The van der Waals surface area contributed by atoms with E-state index < -0.39 is 0 Å². The van der Waals surface area contributed by atoms with Crippen LogP contribution in [0.25, 0.3) is 11.3 Å². The van der Waals surface area contributed by atoms with E-state index in [0.717, 1.165) is 6.29 Å². The van der Waals surface area contributed by atoms with Crippen molar-refractivity contribution in [2.45, 2.75) is 24.8 Å². The molecule has 0 atom stereocenters. The Morgan fingerprint density at radius 3 is 2.68 bits per heavy atom. The van der Waals surface area contributed by atoms with Crippen molar-refractivity contribution in [1.29, 1.82) is 0 Å². The average molecular weight is 278 g/mol. The molecule has 3 nitrogen and oxygen atoms in total. The Morgan fingerprint density at radius 2 is 2.16 bits per heavy atom. The summed E-state index contributed by atoms with van der Waals surface area (Å²) in [6.45, 7) is 3.95. The Hall–Kier alpha value is -1.62. The number of carbonyl (C=O) groups is 1. The molecule has 1 heterocycles. The van der Waals surface area contributed by atoms with Crippen molar-refractivity contribution in [2.75, 3.05) is 6.26 Å². The number of halogens is 1. The Kier molecular flexibility index (Phi) is 4.04. The van der Waals surface area contributed by atoms with Crippen LogP contribution >= 0.6 is 11.8 Å². The van der Waals surface area contributed by atoms with E-state index in [4.69, 9.17) is 0 Å². The minimum Gasteiger partial charge on any atom is -0.298 e. The molecule has 2 aromatic rings. The lowest BCUT2D eigenvalue weighted by Gasteiger charge is -2.04. The molecule has 19 heavy (non-hydrogen) atoms. The number of aldehydes is 1. The first kappa shape index (κ1) is 13.8. The summed E-state index contributed by atoms with van der Waals surface area (Å²) < 4.78 is 15.5. The summed E-state index contributed by atoms with van der Waals surface area (Å²) in [5, 5.41) is 4.36. The van der Waals surface area contributed by atoms with E-state index in [-0.39, 0.29) is 11.9 Å². The molecule has 0 bridgehead atoms. The predicted molar refractivity (Wildman–Crippen MR) is 75.2 cm³/mol. The first-order chi connectivity index (χ1) is 9.06.